The summed E-state index contributed by atoms with van der Waals surface area (Å²) < 4.78 is 5.30. The second-order valence-corrected chi connectivity index (χ2v) is 4.92. The number of carbonyl (C=O) groups excluding carboxylic acids is 1. The Bertz CT molecular complexity index is 421. The summed E-state index contributed by atoms with van der Waals surface area (Å²) in [5.41, 5.74) is 6.23. The Balaban J connectivity index is 2.12. The largest absolute Gasteiger partial charge is 0.394 e. The van der Waals surface area contributed by atoms with Crippen LogP contribution in [-0.4, -0.2) is 53.3 Å². The lowest BCUT2D eigenvalue weighted by Gasteiger charge is -2.31. The van der Waals surface area contributed by atoms with Gasteiger partial charge in [-0.15, -0.1) is 0 Å². The van der Waals surface area contributed by atoms with Gasteiger partial charge in [0.2, 0.25) is 0 Å². The number of morpholine rings is 1. The van der Waals surface area contributed by atoms with Gasteiger partial charge in [0.05, 0.1) is 25.0 Å². The Morgan fingerprint density at radius 3 is 3.12 bits per heavy atom. The van der Waals surface area contributed by atoms with E-state index in [0.29, 0.717) is 35.4 Å². The van der Waals surface area contributed by atoms with Crippen molar-refractivity contribution >= 4 is 22.4 Å². The highest BCUT2D eigenvalue weighted by Gasteiger charge is 2.26. The Hall–Kier alpha value is -1.18. The van der Waals surface area contributed by atoms with E-state index in [9.17, 15) is 4.79 Å². The number of nitrogen functional groups attached to an aromatic ring is 1. The Labute approximate surface area is 103 Å². The number of aliphatic hydroxyl groups is 1. The number of ether oxygens (including phenoxy) is 1. The molecule has 0 spiro atoms. The van der Waals surface area contributed by atoms with Crippen LogP contribution in [0.2, 0.25) is 0 Å². The summed E-state index contributed by atoms with van der Waals surface area (Å²) in [6.07, 6.45) is -0.293. The van der Waals surface area contributed by atoms with Crippen LogP contribution in [0, 0.1) is 6.92 Å². The molecule has 1 aromatic heterocycles. The predicted octanol–water partition coefficient (Wildman–Crippen LogP) is -0.133. The van der Waals surface area contributed by atoms with Gasteiger partial charge in [0.25, 0.3) is 5.91 Å². The van der Waals surface area contributed by atoms with Crippen LogP contribution in [0.1, 0.15) is 15.4 Å². The minimum Gasteiger partial charge on any atom is -0.394 e. The second kappa shape index (κ2) is 4.99. The first kappa shape index (κ1) is 12.3. The van der Waals surface area contributed by atoms with Crippen molar-refractivity contribution in [2.75, 3.05) is 32.0 Å². The molecule has 7 heteroatoms. The zero-order valence-corrected chi connectivity index (χ0v) is 10.4. The molecule has 0 aromatic carbocycles. The van der Waals surface area contributed by atoms with Gasteiger partial charge >= 0.3 is 0 Å². The molecular weight excluding hydrogens is 242 g/mol. The number of thiazole rings is 1. The van der Waals surface area contributed by atoms with Gasteiger partial charge in [-0.3, -0.25) is 4.79 Å². The molecule has 1 atom stereocenters. The molecule has 0 radical (unpaired) electrons. The van der Waals surface area contributed by atoms with Crippen LogP contribution in [0.25, 0.3) is 0 Å². The van der Waals surface area contributed by atoms with Gasteiger partial charge in [-0.1, -0.05) is 11.3 Å². The van der Waals surface area contributed by atoms with Crippen LogP contribution < -0.4 is 5.73 Å². The summed E-state index contributed by atoms with van der Waals surface area (Å²) in [6, 6.07) is 0. The molecule has 2 rings (SSSR count). The molecule has 2 heterocycles. The number of hydrogen-bond acceptors (Lipinski definition) is 6. The van der Waals surface area contributed by atoms with Crippen molar-refractivity contribution in [3.63, 3.8) is 0 Å². The summed E-state index contributed by atoms with van der Waals surface area (Å²) in [4.78, 5) is 18.5. The topological polar surface area (TPSA) is 88.7 Å². The number of aryl methyl sites for hydroxylation is 1. The number of aliphatic hydroxyl groups excluding tert-OH is 1. The van der Waals surface area contributed by atoms with E-state index in [0.717, 1.165) is 0 Å². The SMILES string of the molecule is Cc1nc(N)sc1C(=O)N1CCOC(CO)C1. The average molecular weight is 257 g/mol. The van der Waals surface area contributed by atoms with Gasteiger partial charge in [-0.25, -0.2) is 4.98 Å². The van der Waals surface area contributed by atoms with Crippen LogP contribution in [0.5, 0.6) is 0 Å². The third-order valence-electron chi connectivity index (χ3n) is 2.64. The van der Waals surface area contributed by atoms with E-state index in [1.54, 1.807) is 11.8 Å². The third kappa shape index (κ3) is 2.56. The van der Waals surface area contributed by atoms with Gasteiger partial charge in [0.15, 0.2) is 5.13 Å². The van der Waals surface area contributed by atoms with E-state index >= 15 is 0 Å². The predicted molar refractivity (Wildman–Crippen MR) is 64.0 cm³/mol. The Morgan fingerprint density at radius 1 is 1.76 bits per heavy atom. The maximum absolute atomic E-state index is 12.2. The van der Waals surface area contributed by atoms with Crippen LogP contribution in [0.15, 0.2) is 0 Å². The van der Waals surface area contributed by atoms with Crippen molar-refractivity contribution in [3.8, 4) is 0 Å². The number of hydrogen-bond donors (Lipinski definition) is 2. The van der Waals surface area contributed by atoms with E-state index in [4.69, 9.17) is 15.6 Å². The number of anilines is 1. The van der Waals surface area contributed by atoms with Gasteiger partial charge in [-0.05, 0) is 6.92 Å². The summed E-state index contributed by atoms with van der Waals surface area (Å²) in [5.74, 6) is -0.0848. The van der Waals surface area contributed by atoms with Crippen molar-refractivity contribution < 1.29 is 14.6 Å². The van der Waals surface area contributed by atoms with E-state index in [1.807, 2.05) is 0 Å². The molecule has 1 fully saturated rings. The number of nitrogens with two attached hydrogens (primary N) is 1. The number of rotatable bonds is 2. The van der Waals surface area contributed by atoms with Gasteiger partial charge in [0, 0.05) is 13.1 Å². The van der Waals surface area contributed by atoms with Crippen molar-refractivity contribution in [1.29, 1.82) is 0 Å². The molecule has 3 N–H and O–H groups in total. The quantitative estimate of drug-likeness (QED) is 0.770. The second-order valence-electron chi connectivity index (χ2n) is 3.89. The van der Waals surface area contributed by atoms with Crippen LogP contribution in [-0.2, 0) is 4.74 Å². The molecule has 6 nitrogen and oxygen atoms in total. The van der Waals surface area contributed by atoms with Crippen molar-refractivity contribution in [1.82, 2.24) is 9.88 Å². The van der Waals surface area contributed by atoms with E-state index < -0.39 is 0 Å². The molecule has 1 amide bonds. The lowest BCUT2D eigenvalue weighted by molar-refractivity contribution is -0.0446. The normalized spacial score (nSPS) is 20.6. The molecule has 0 aliphatic carbocycles. The smallest absolute Gasteiger partial charge is 0.266 e. The average Bonchev–Trinajstić information content (AvgIpc) is 2.67. The Kier molecular flexibility index (Phi) is 3.60. The first-order valence-electron chi connectivity index (χ1n) is 5.36. The number of amides is 1. The summed E-state index contributed by atoms with van der Waals surface area (Å²) in [5, 5.41) is 9.43. The molecule has 0 saturated carbocycles. The first-order chi connectivity index (χ1) is 8.11. The lowest BCUT2D eigenvalue weighted by atomic mass is 10.2. The van der Waals surface area contributed by atoms with E-state index in [2.05, 4.69) is 4.98 Å². The lowest BCUT2D eigenvalue weighted by Crippen LogP contribution is -2.46. The standard InChI is InChI=1S/C10H15N3O3S/c1-6-8(17-10(11)12-6)9(15)13-2-3-16-7(4-13)5-14/h7,14H,2-5H2,1H3,(H2,11,12). The minimum atomic E-state index is -0.293. The van der Waals surface area contributed by atoms with Crippen molar-refractivity contribution in [3.05, 3.63) is 10.6 Å². The summed E-state index contributed by atoms with van der Waals surface area (Å²) in [7, 11) is 0. The van der Waals surface area contributed by atoms with Gasteiger partial charge < -0.3 is 20.5 Å². The van der Waals surface area contributed by atoms with Gasteiger partial charge in [-0.2, -0.15) is 0 Å². The monoisotopic (exact) mass is 257 g/mol. The molecular formula is C10H15N3O3S. The molecule has 1 aliphatic heterocycles. The van der Waals surface area contributed by atoms with Crippen molar-refractivity contribution in [2.24, 2.45) is 0 Å². The zero-order valence-electron chi connectivity index (χ0n) is 9.55. The molecule has 1 aliphatic rings. The Morgan fingerprint density at radius 2 is 2.53 bits per heavy atom. The maximum atomic E-state index is 12.2. The van der Waals surface area contributed by atoms with E-state index in [1.165, 1.54) is 11.3 Å². The third-order valence-corrected chi connectivity index (χ3v) is 3.61. The molecule has 1 aromatic rings. The highest BCUT2D eigenvalue weighted by atomic mass is 32.1. The summed E-state index contributed by atoms with van der Waals surface area (Å²) in [6.45, 7) is 3.08. The summed E-state index contributed by atoms with van der Waals surface area (Å²) >= 11 is 1.20. The fourth-order valence-electron chi connectivity index (χ4n) is 1.77. The van der Waals surface area contributed by atoms with Gasteiger partial charge in [0.1, 0.15) is 4.88 Å². The number of aromatic nitrogens is 1. The first-order valence-corrected chi connectivity index (χ1v) is 6.18. The number of carbonyl (C=O) groups is 1. The van der Waals surface area contributed by atoms with Crippen LogP contribution in [0.3, 0.4) is 0 Å². The minimum absolute atomic E-state index is 0.0758. The molecule has 1 unspecified atom stereocenters. The molecule has 17 heavy (non-hydrogen) atoms. The highest BCUT2D eigenvalue weighted by molar-refractivity contribution is 7.17. The van der Waals surface area contributed by atoms with Crippen LogP contribution in [0.4, 0.5) is 5.13 Å². The van der Waals surface area contributed by atoms with Crippen molar-refractivity contribution in [2.45, 2.75) is 13.0 Å². The molecule has 1 saturated heterocycles. The molecule has 94 valence electrons. The fraction of sp³-hybridized carbons (Fsp3) is 0.600. The van der Waals surface area contributed by atoms with Crippen LogP contribution >= 0.6 is 11.3 Å². The fourth-order valence-corrected chi connectivity index (χ4v) is 2.58. The zero-order chi connectivity index (χ0) is 12.4. The highest BCUT2D eigenvalue weighted by Crippen LogP contribution is 2.22. The maximum Gasteiger partial charge on any atom is 0.266 e. The number of nitrogens with zero attached hydrogens (tertiary/aromatic N) is 2. The van der Waals surface area contributed by atoms with E-state index in [-0.39, 0.29) is 18.6 Å². The molecule has 0 bridgehead atoms.